The number of nitrogens with zero attached hydrogens (tertiary/aromatic N) is 2. The lowest BCUT2D eigenvalue weighted by molar-refractivity contribution is 0.305. The number of rotatable bonds is 6. The van der Waals surface area contributed by atoms with E-state index >= 15 is 0 Å². The summed E-state index contributed by atoms with van der Waals surface area (Å²) < 4.78 is 5.55. The number of aromatic nitrogens is 2. The third-order valence-electron chi connectivity index (χ3n) is 2.86. The molecule has 0 saturated carbocycles. The van der Waals surface area contributed by atoms with Gasteiger partial charge in [0.2, 0.25) is 11.8 Å². The molecule has 1 atom stereocenters. The molecule has 4 nitrogen and oxygen atoms in total. The van der Waals surface area contributed by atoms with E-state index in [1.165, 1.54) is 17.9 Å². The summed E-state index contributed by atoms with van der Waals surface area (Å²) in [5.41, 5.74) is 0.944. The van der Waals surface area contributed by atoms with Crippen LogP contribution in [-0.2, 0) is 0 Å². The van der Waals surface area contributed by atoms with Gasteiger partial charge in [0.15, 0.2) is 0 Å². The van der Waals surface area contributed by atoms with E-state index in [-0.39, 0.29) is 0 Å². The minimum atomic E-state index is 0.674. The highest BCUT2D eigenvalue weighted by Gasteiger charge is 2.15. The summed E-state index contributed by atoms with van der Waals surface area (Å²) in [6.07, 6.45) is 2.29. The molecule has 0 amide bonds. The molecule has 18 heavy (non-hydrogen) atoms. The molecule has 1 saturated heterocycles. The number of anilines is 1. The van der Waals surface area contributed by atoms with Crippen LogP contribution in [0.4, 0.5) is 5.95 Å². The first-order chi connectivity index (χ1) is 8.78. The first-order valence-corrected chi connectivity index (χ1v) is 7.73. The Balaban J connectivity index is 1.91. The van der Waals surface area contributed by atoms with E-state index in [4.69, 9.17) is 4.74 Å². The second-order valence-electron chi connectivity index (χ2n) is 4.63. The molecule has 1 aromatic rings. The Bertz CT molecular complexity index is 380. The quantitative estimate of drug-likeness (QED) is 0.858. The molecule has 2 heterocycles. The molecule has 1 unspecified atom stereocenters. The Morgan fingerprint density at radius 3 is 3.11 bits per heavy atom. The molecule has 1 N–H and O–H groups in total. The highest BCUT2D eigenvalue weighted by Crippen LogP contribution is 2.23. The third kappa shape index (κ3) is 4.05. The van der Waals surface area contributed by atoms with Gasteiger partial charge in [-0.1, -0.05) is 6.92 Å². The van der Waals surface area contributed by atoms with Crippen LogP contribution in [0.15, 0.2) is 6.07 Å². The first-order valence-electron chi connectivity index (χ1n) is 6.58. The lowest BCUT2D eigenvalue weighted by Crippen LogP contribution is -2.15. The summed E-state index contributed by atoms with van der Waals surface area (Å²) in [4.78, 5) is 8.77. The minimum absolute atomic E-state index is 0.674. The second-order valence-corrected chi connectivity index (χ2v) is 5.78. The van der Waals surface area contributed by atoms with Crippen LogP contribution in [-0.4, -0.2) is 34.6 Å². The molecule has 1 aromatic heterocycles. The standard InChI is InChI=1S/C13H21N3OS/c1-3-5-17-12-7-10(2)15-13(16-12)14-8-11-4-6-18-9-11/h7,11H,3-6,8-9H2,1-2H3,(H,14,15,16). The number of hydrogen-bond acceptors (Lipinski definition) is 5. The molecule has 1 aliphatic rings. The zero-order valence-corrected chi connectivity index (χ0v) is 11.9. The van der Waals surface area contributed by atoms with Crippen molar-refractivity contribution in [2.45, 2.75) is 26.7 Å². The van der Waals surface area contributed by atoms with Gasteiger partial charge in [-0.05, 0) is 37.2 Å². The lowest BCUT2D eigenvalue weighted by Gasteiger charge is -2.11. The van der Waals surface area contributed by atoms with Crippen LogP contribution in [0.1, 0.15) is 25.5 Å². The predicted molar refractivity (Wildman–Crippen MR) is 76.5 cm³/mol. The average Bonchev–Trinajstić information content (AvgIpc) is 2.86. The SMILES string of the molecule is CCCOc1cc(C)nc(NCC2CCSC2)n1. The van der Waals surface area contributed by atoms with Gasteiger partial charge < -0.3 is 10.1 Å². The van der Waals surface area contributed by atoms with Crippen LogP contribution in [0.5, 0.6) is 5.88 Å². The van der Waals surface area contributed by atoms with Gasteiger partial charge in [0.25, 0.3) is 0 Å². The highest BCUT2D eigenvalue weighted by atomic mass is 32.2. The second kappa shape index (κ2) is 6.83. The first kappa shape index (κ1) is 13.5. The van der Waals surface area contributed by atoms with Crippen molar-refractivity contribution >= 4 is 17.7 Å². The number of thioether (sulfide) groups is 1. The summed E-state index contributed by atoms with van der Waals surface area (Å²) in [7, 11) is 0. The van der Waals surface area contributed by atoms with Crippen molar-refractivity contribution in [2.75, 3.05) is 30.0 Å². The summed E-state index contributed by atoms with van der Waals surface area (Å²) in [6, 6.07) is 1.88. The summed E-state index contributed by atoms with van der Waals surface area (Å²) in [5, 5.41) is 3.33. The molecule has 1 fully saturated rings. The van der Waals surface area contributed by atoms with Gasteiger partial charge in [0.1, 0.15) is 0 Å². The van der Waals surface area contributed by atoms with E-state index in [1.807, 2.05) is 24.8 Å². The van der Waals surface area contributed by atoms with Crippen molar-refractivity contribution in [3.63, 3.8) is 0 Å². The third-order valence-corrected chi connectivity index (χ3v) is 4.09. The fourth-order valence-electron chi connectivity index (χ4n) is 1.88. The predicted octanol–water partition coefficient (Wildman–Crippen LogP) is 2.74. The molecule has 0 bridgehead atoms. The fourth-order valence-corrected chi connectivity index (χ4v) is 3.16. The van der Waals surface area contributed by atoms with E-state index in [0.29, 0.717) is 18.4 Å². The van der Waals surface area contributed by atoms with Gasteiger partial charge in [-0.15, -0.1) is 0 Å². The zero-order chi connectivity index (χ0) is 12.8. The monoisotopic (exact) mass is 267 g/mol. The van der Waals surface area contributed by atoms with Crippen LogP contribution in [0.3, 0.4) is 0 Å². The van der Waals surface area contributed by atoms with Crippen molar-refractivity contribution in [3.05, 3.63) is 11.8 Å². The molecule has 100 valence electrons. The van der Waals surface area contributed by atoms with Crippen molar-refractivity contribution in [2.24, 2.45) is 5.92 Å². The maximum Gasteiger partial charge on any atom is 0.226 e. The Morgan fingerprint density at radius 1 is 1.50 bits per heavy atom. The molecular weight excluding hydrogens is 246 g/mol. The average molecular weight is 267 g/mol. The van der Waals surface area contributed by atoms with Gasteiger partial charge >= 0.3 is 0 Å². The Kier molecular flexibility index (Phi) is 5.11. The molecule has 0 spiro atoms. The van der Waals surface area contributed by atoms with Crippen LogP contribution in [0.25, 0.3) is 0 Å². The number of nitrogens with one attached hydrogen (secondary N) is 1. The summed E-state index contributed by atoms with van der Waals surface area (Å²) >= 11 is 2.03. The Labute approximate surface area is 113 Å². The van der Waals surface area contributed by atoms with Crippen molar-refractivity contribution in [1.82, 2.24) is 9.97 Å². The maximum absolute atomic E-state index is 5.55. The van der Waals surface area contributed by atoms with Crippen molar-refractivity contribution in [1.29, 1.82) is 0 Å². The number of ether oxygens (including phenoxy) is 1. The Hall–Kier alpha value is -0.970. The van der Waals surface area contributed by atoms with Crippen LogP contribution in [0, 0.1) is 12.8 Å². The van der Waals surface area contributed by atoms with Gasteiger partial charge in [-0.25, -0.2) is 4.98 Å². The topological polar surface area (TPSA) is 47.0 Å². The highest BCUT2D eigenvalue weighted by molar-refractivity contribution is 7.99. The number of aryl methyl sites for hydroxylation is 1. The fraction of sp³-hybridized carbons (Fsp3) is 0.692. The lowest BCUT2D eigenvalue weighted by atomic mass is 10.1. The number of hydrogen-bond donors (Lipinski definition) is 1. The maximum atomic E-state index is 5.55. The van der Waals surface area contributed by atoms with Gasteiger partial charge in [0, 0.05) is 18.3 Å². The van der Waals surface area contributed by atoms with Crippen LogP contribution in [0.2, 0.25) is 0 Å². The normalized spacial score (nSPS) is 18.9. The van der Waals surface area contributed by atoms with Gasteiger partial charge in [-0.3, -0.25) is 0 Å². The van der Waals surface area contributed by atoms with E-state index in [2.05, 4.69) is 22.2 Å². The molecule has 0 aromatic carbocycles. The van der Waals surface area contributed by atoms with Crippen molar-refractivity contribution < 1.29 is 4.74 Å². The van der Waals surface area contributed by atoms with Gasteiger partial charge in [-0.2, -0.15) is 16.7 Å². The minimum Gasteiger partial charge on any atom is -0.478 e. The molecular formula is C13H21N3OS. The summed E-state index contributed by atoms with van der Waals surface area (Å²) in [5.74, 6) is 4.65. The molecule has 0 aliphatic carbocycles. The smallest absolute Gasteiger partial charge is 0.226 e. The van der Waals surface area contributed by atoms with E-state index in [0.717, 1.165) is 24.6 Å². The Morgan fingerprint density at radius 2 is 2.39 bits per heavy atom. The van der Waals surface area contributed by atoms with Crippen LogP contribution < -0.4 is 10.1 Å². The largest absolute Gasteiger partial charge is 0.478 e. The molecule has 0 radical (unpaired) electrons. The zero-order valence-electron chi connectivity index (χ0n) is 11.1. The van der Waals surface area contributed by atoms with E-state index < -0.39 is 0 Å². The summed E-state index contributed by atoms with van der Waals surface area (Å²) in [6.45, 7) is 5.72. The molecule has 5 heteroatoms. The molecule has 2 rings (SSSR count). The molecule has 1 aliphatic heterocycles. The van der Waals surface area contributed by atoms with Crippen molar-refractivity contribution in [3.8, 4) is 5.88 Å². The van der Waals surface area contributed by atoms with Crippen LogP contribution >= 0.6 is 11.8 Å². The van der Waals surface area contributed by atoms with E-state index in [9.17, 15) is 0 Å². The van der Waals surface area contributed by atoms with E-state index in [1.54, 1.807) is 0 Å². The van der Waals surface area contributed by atoms with Gasteiger partial charge in [0.05, 0.1) is 6.61 Å².